The van der Waals surface area contributed by atoms with Crippen LogP contribution in [0.4, 0.5) is 0 Å². The first-order valence-electron chi connectivity index (χ1n) is 7.72. The summed E-state index contributed by atoms with van der Waals surface area (Å²) in [5.74, 6) is 0.0696. The Kier molecular flexibility index (Phi) is 7.59. The van der Waals surface area contributed by atoms with Crippen molar-refractivity contribution in [2.24, 2.45) is 5.92 Å². The maximum atomic E-state index is 12.0. The topological polar surface area (TPSA) is 58.6 Å². The van der Waals surface area contributed by atoms with Gasteiger partial charge in [0.25, 0.3) is 0 Å². The Morgan fingerprint density at radius 3 is 2.50 bits per heavy atom. The highest BCUT2D eigenvalue weighted by molar-refractivity contribution is 5.77. The smallest absolute Gasteiger partial charge is 0.309 e. The first kappa shape index (κ1) is 17.0. The summed E-state index contributed by atoms with van der Waals surface area (Å²) < 4.78 is 5.03. The van der Waals surface area contributed by atoms with E-state index in [1.807, 2.05) is 11.8 Å². The van der Waals surface area contributed by atoms with E-state index in [2.05, 4.69) is 19.2 Å². The molecule has 0 aliphatic carbocycles. The molecule has 1 fully saturated rings. The number of carbonyl (C=O) groups excluding carboxylic acids is 2. The summed E-state index contributed by atoms with van der Waals surface area (Å²) in [6, 6.07) is 0.463. The van der Waals surface area contributed by atoms with Gasteiger partial charge in [-0.15, -0.1) is 0 Å². The number of carbonyl (C=O) groups is 2. The average molecular weight is 284 g/mol. The fourth-order valence-corrected chi connectivity index (χ4v) is 2.41. The third-order valence-corrected chi connectivity index (χ3v) is 3.59. The van der Waals surface area contributed by atoms with Gasteiger partial charge in [0, 0.05) is 25.6 Å². The SMILES string of the molecule is CCOC(=O)C1CCN(C(=O)CCCNC(C)C)CC1. The molecule has 0 bridgehead atoms. The van der Waals surface area contributed by atoms with Crippen molar-refractivity contribution in [2.45, 2.75) is 52.5 Å². The van der Waals surface area contributed by atoms with E-state index in [1.165, 1.54) is 0 Å². The second-order valence-electron chi connectivity index (χ2n) is 5.62. The van der Waals surface area contributed by atoms with Crippen LogP contribution in [0.1, 0.15) is 46.5 Å². The Hall–Kier alpha value is -1.10. The third-order valence-electron chi connectivity index (χ3n) is 3.59. The number of rotatable bonds is 7. The first-order chi connectivity index (χ1) is 9.54. The molecular weight excluding hydrogens is 256 g/mol. The van der Waals surface area contributed by atoms with Gasteiger partial charge in [-0.2, -0.15) is 0 Å². The molecule has 0 unspecified atom stereocenters. The Balaban J connectivity index is 2.20. The predicted molar refractivity (Wildman–Crippen MR) is 78.3 cm³/mol. The number of piperidine rings is 1. The number of ether oxygens (including phenoxy) is 1. The Labute approximate surface area is 122 Å². The van der Waals surface area contributed by atoms with Gasteiger partial charge in [-0.1, -0.05) is 13.8 Å². The summed E-state index contributed by atoms with van der Waals surface area (Å²) >= 11 is 0. The molecule has 0 aromatic heterocycles. The summed E-state index contributed by atoms with van der Waals surface area (Å²) in [7, 11) is 0. The highest BCUT2D eigenvalue weighted by Gasteiger charge is 2.27. The van der Waals surface area contributed by atoms with Crippen LogP contribution >= 0.6 is 0 Å². The zero-order chi connectivity index (χ0) is 15.0. The number of hydrogen-bond donors (Lipinski definition) is 1. The Bertz CT molecular complexity index is 310. The molecule has 0 aromatic carbocycles. The second kappa shape index (κ2) is 8.95. The van der Waals surface area contributed by atoms with Crippen molar-refractivity contribution < 1.29 is 14.3 Å². The number of likely N-dealkylation sites (tertiary alicyclic amines) is 1. The van der Waals surface area contributed by atoms with Gasteiger partial charge >= 0.3 is 5.97 Å². The zero-order valence-electron chi connectivity index (χ0n) is 13.0. The molecule has 1 saturated heterocycles. The van der Waals surface area contributed by atoms with Crippen LogP contribution in [0.25, 0.3) is 0 Å². The van der Waals surface area contributed by atoms with E-state index in [0.717, 1.165) is 25.8 Å². The number of nitrogens with one attached hydrogen (secondary N) is 1. The quantitative estimate of drug-likeness (QED) is 0.569. The van der Waals surface area contributed by atoms with Crippen molar-refractivity contribution in [3.63, 3.8) is 0 Å². The molecule has 1 rings (SSSR count). The molecule has 116 valence electrons. The minimum atomic E-state index is -0.110. The molecule has 5 heteroatoms. The summed E-state index contributed by atoms with van der Waals surface area (Å²) in [6.45, 7) is 8.69. The third kappa shape index (κ3) is 5.90. The molecule has 20 heavy (non-hydrogen) atoms. The largest absolute Gasteiger partial charge is 0.466 e. The summed E-state index contributed by atoms with van der Waals surface area (Å²) in [6.07, 6.45) is 2.92. The van der Waals surface area contributed by atoms with E-state index in [0.29, 0.717) is 32.2 Å². The van der Waals surface area contributed by atoms with Crippen molar-refractivity contribution in [3.8, 4) is 0 Å². The van der Waals surface area contributed by atoms with Gasteiger partial charge in [-0.3, -0.25) is 9.59 Å². The maximum Gasteiger partial charge on any atom is 0.309 e. The molecule has 1 heterocycles. The van der Waals surface area contributed by atoms with Crippen LogP contribution in [0.3, 0.4) is 0 Å². The summed E-state index contributed by atoms with van der Waals surface area (Å²) in [5, 5.41) is 3.31. The molecule has 0 radical (unpaired) electrons. The lowest BCUT2D eigenvalue weighted by Crippen LogP contribution is -2.40. The number of esters is 1. The van der Waals surface area contributed by atoms with Gasteiger partial charge in [0.2, 0.25) is 5.91 Å². The molecule has 1 aliphatic rings. The van der Waals surface area contributed by atoms with Crippen LogP contribution in [0.5, 0.6) is 0 Å². The normalized spacial score (nSPS) is 16.5. The van der Waals surface area contributed by atoms with E-state index >= 15 is 0 Å². The minimum Gasteiger partial charge on any atom is -0.466 e. The van der Waals surface area contributed by atoms with Gasteiger partial charge in [-0.25, -0.2) is 0 Å². The highest BCUT2D eigenvalue weighted by Crippen LogP contribution is 2.19. The maximum absolute atomic E-state index is 12.0. The Morgan fingerprint density at radius 1 is 1.30 bits per heavy atom. The lowest BCUT2D eigenvalue weighted by Gasteiger charge is -2.31. The van der Waals surface area contributed by atoms with Crippen molar-refractivity contribution in [3.05, 3.63) is 0 Å². The molecule has 0 atom stereocenters. The summed E-state index contributed by atoms with van der Waals surface area (Å²) in [5.41, 5.74) is 0. The fourth-order valence-electron chi connectivity index (χ4n) is 2.41. The van der Waals surface area contributed by atoms with Crippen molar-refractivity contribution in [1.82, 2.24) is 10.2 Å². The van der Waals surface area contributed by atoms with Crippen LogP contribution in [0, 0.1) is 5.92 Å². The Morgan fingerprint density at radius 2 is 1.95 bits per heavy atom. The van der Waals surface area contributed by atoms with E-state index in [1.54, 1.807) is 0 Å². The van der Waals surface area contributed by atoms with E-state index in [4.69, 9.17) is 4.74 Å². The molecule has 0 saturated carbocycles. The van der Waals surface area contributed by atoms with Crippen LogP contribution in [0.2, 0.25) is 0 Å². The van der Waals surface area contributed by atoms with Crippen molar-refractivity contribution in [2.75, 3.05) is 26.2 Å². The minimum absolute atomic E-state index is 0.0263. The van der Waals surface area contributed by atoms with E-state index in [-0.39, 0.29) is 17.8 Å². The van der Waals surface area contributed by atoms with Crippen molar-refractivity contribution in [1.29, 1.82) is 0 Å². The average Bonchev–Trinajstić information content (AvgIpc) is 2.43. The van der Waals surface area contributed by atoms with E-state index < -0.39 is 0 Å². The fraction of sp³-hybridized carbons (Fsp3) is 0.867. The van der Waals surface area contributed by atoms with Crippen molar-refractivity contribution >= 4 is 11.9 Å². The number of amides is 1. The summed E-state index contributed by atoms with van der Waals surface area (Å²) in [4.78, 5) is 25.5. The van der Waals surface area contributed by atoms with Gasteiger partial charge in [0.15, 0.2) is 0 Å². The first-order valence-corrected chi connectivity index (χ1v) is 7.72. The molecule has 1 aliphatic heterocycles. The molecule has 0 aromatic rings. The van der Waals surface area contributed by atoms with Crippen LogP contribution in [-0.2, 0) is 14.3 Å². The molecule has 1 amide bonds. The van der Waals surface area contributed by atoms with Gasteiger partial charge in [0.05, 0.1) is 12.5 Å². The van der Waals surface area contributed by atoms with Crippen LogP contribution in [-0.4, -0.2) is 49.1 Å². The molecular formula is C15H28N2O3. The van der Waals surface area contributed by atoms with E-state index in [9.17, 15) is 9.59 Å². The van der Waals surface area contributed by atoms with Gasteiger partial charge in [-0.05, 0) is 32.7 Å². The molecule has 5 nitrogen and oxygen atoms in total. The van der Waals surface area contributed by atoms with Crippen LogP contribution in [0.15, 0.2) is 0 Å². The molecule has 0 spiro atoms. The lowest BCUT2D eigenvalue weighted by molar-refractivity contribution is -0.151. The lowest BCUT2D eigenvalue weighted by atomic mass is 9.97. The number of nitrogens with zero attached hydrogens (tertiary/aromatic N) is 1. The zero-order valence-corrected chi connectivity index (χ0v) is 13.0. The van der Waals surface area contributed by atoms with Gasteiger partial charge in [0.1, 0.15) is 0 Å². The van der Waals surface area contributed by atoms with Gasteiger partial charge < -0.3 is 15.0 Å². The monoisotopic (exact) mass is 284 g/mol. The predicted octanol–water partition coefficient (Wildman–Crippen LogP) is 1.57. The highest BCUT2D eigenvalue weighted by atomic mass is 16.5. The standard InChI is InChI=1S/C15H28N2O3/c1-4-20-15(19)13-7-10-17(11-8-13)14(18)6-5-9-16-12(2)3/h12-13,16H,4-11H2,1-3H3. The van der Waals surface area contributed by atoms with Crippen LogP contribution < -0.4 is 5.32 Å². The molecule has 1 N–H and O–H groups in total. The number of hydrogen-bond acceptors (Lipinski definition) is 4. The second-order valence-corrected chi connectivity index (χ2v) is 5.62.